The molecule has 0 aliphatic rings. The summed E-state index contributed by atoms with van der Waals surface area (Å²) in [6.45, 7) is 2.10. The van der Waals surface area contributed by atoms with Crippen molar-refractivity contribution in [1.82, 2.24) is 5.32 Å². The molecule has 1 aromatic rings. The van der Waals surface area contributed by atoms with Gasteiger partial charge in [-0.05, 0) is 19.5 Å². The van der Waals surface area contributed by atoms with Gasteiger partial charge in [-0.1, -0.05) is 30.3 Å². The van der Waals surface area contributed by atoms with E-state index in [4.69, 9.17) is 5.41 Å². The lowest BCUT2D eigenvalue weighted by atomic mass is 10.0. The van der Waals surface area contributed by atoms with Gasteiger partial charge in [-0.25, -0.2) is 0 Å². The molecule has 0 bridgehead atoms. The first kappa shape index (κ1) is 10.9. The zero-order chi connectivity index (χ0) is 10.4. The third kappa shape index (κ3) is 3.71. The summed E-state index contributed by atoms with van der Waals surface area (Å²) in [5, 5.41) is 11.0. The van der Waals surface area contributed by atoms with Crippen molar-refractivity contribution in [1.29, 1.82) is 5.41 Å². The minimum Gasteiger partial charge on any atom is -0.317 e. The van der Waals surface area contributed by atoms with E-state index in [2.05, 4.69) is 24.4 Å². The van der Waals surface area contributed by atoms with Crippen LogP contribution in [0.1, 0.15) is 18.9 Å². The van der Waals surface area contributed by atoms with Gasteiger partial charge in [0.2, 0.25) is 0 Å². The Labute approximate surface area is 85.9 Å². The summed E-state index contributed by atoms with van der Waals surface area (Å²) < 4.78 is 0. The molecule has 0 aromatic heterocycles. The molecule has 0 unspecified atom stereocenters. The van der Waals surface area contributed by atoms with Crippen LogP contribution in [-0.4, -0.2) is 18.8 Å². The monoisotopic (exact) mass is 190 g/mol. The molecule has 0 fully saturated rings. The van der Waals surface area contributed by atoms with E-state index in [0.29, 0.717) is 6.04 Å². The van der Waals surface area contributed by atoms with E-state index in [9.17, 15) is 0 Å². The lowest BCUT2D eigenvalue weighted by molar-refractivity contribution is 0.629. The second kappa shape index (κ2) is 5.55. The van der Waals surface area contributed by atoms with Gasteiger partial charge in [0.1, 0.15) is 0 Å². The summed E-state index contributed by atoms with van der Waals surface area (Å²) >= 11 is 0. The molecule has 2 heteroatoms. The molecular weight excluding hydrogens is 172 g/mol. The Balaban J connectivity index is 2.42. The molecule has 0 heterocycles. The first-order chi connectivity index (χ1) is 6.72. The van der Waals surface area contributed by atoms with Crippen LogP contribution in [0.4, 0.5) is 0 Å². The molecule has 0 aliphatic carbocycles. The van der Waals surface area contributed by atoms with E-state index in [-0.39, 0.29) is 0 Å². The smallest absolute Gasteiger partial charge is 0.0148 e. The van der Waals surface area contributed by atoms with Crippen molar-refractivity contribution in [3.63, 3.8) is 0 Å². The standard InChI is InChI=1S/C12H18N2/c1-10(14-2)8-12(13)9-11-6-4-3-5-7-11/h3-7,10,13-14H,8-9H2,1-2H3/t10-/m1/s1. The van der Waals surface area contributed by atoms with Crippen molar-refractivity contribution in [3.05, 3.63) is 35.9 Å². The lowest BCUT2D eigenvalue weighted by Gasteiger charge is -2.10. The topological polar surface area (TPSA) is 35.9 Å². The van der Waals surface area contributed by atoms with Gasteiger partial charge in [0.15, 0.2) is 0 Å². The van der Waals surface area contributed by atoms with Crippen LogP contribution in [0.2, 0.25) is 0 Å². The molecule has 1 aromatic carbocycles. The largest absolute Gasteiger partial charge is 0.317 e. The van der Waals surface area contributed by atoms with E-state index in [0.717, 1.165) is 18.6 Å². The van der Waals surface area contributed by atoms with Crippen LogP contribution < -0.4 is 5.32 Å². The molecule has 2 nitrogen and oxygen atoms in total. The summed E-state index contributed by atoms with van der Waals surface area (Å²) in [5.41, 5.74) is 2.01. The molecule has 1 atom stereocenters. The van der Waals surface area contributed by atoms with Crippen LogP contribution in [0.5, 0.6) is 0 Å². The highest BCUT2D eigenvalue weighted by Crippen LogP contribution is 2.03. The average molecular weight is 190 g/mol. The summed E-state index contributed by atoms with van der Waals surface area (Å²) in [6.07, 6.45) is 1.60. The zero-order valence-electron chi connectivity index (χ0n) is 8.88. The van der Waals surface area contributed by atoms with Gasteiger partial charge >= 0.3 is 0 Å². The van der Waals surface area contributed by atoms with Crippen molar-refractivity contribution in [3.8, 4) is 0 Å². The maximum absolute atomic E-state index is 7.82. The van der Waals surface area contributed by atoms with Crippen LogP contribution >= 0.6 is 0 Å². The highest BCUT2D eigenvalue weighted by molar-refractivity contribution is 5.84. The van der Waals surface area contributed by atoms with E-state index in [1.165, 1.54) is 5.56 Å². The molecule has 2 N–H and O–H groups in total. The minimum atomic E-state index is 0.395. The van der Waals surface area contributed by atoms with Crippen LogP contribution in [0.25, 0.3) is 0 Å². The summed E-state index contributed by atoms with van der Waals surface area (Å²) in [4.78, 5) is 0. The highest BCUT2D eigenvalue weighted by atomic mass is 14.8. The van der Waals surface area contributed by atoms with Crippen LogP contribution in [0, 0.1) is 5.41 Å². The van der Waals surface area contributed by atoms with Crippen molar-refractivity contribution >= 4 is 5.71 Å². The minimum absolute atomic E-state index is 0.395. The maximum atomic E-state index is 7.82. The first-order valence-electron chi connectivity index (χ1n) is 5.00. The number of rotatable bonds is 5. The fourth-order valence-electron chi connectivity index (χ4n) is 1.39. The number of benzene rings is 1. The molecule has 1 rings (SSSR count). The predicted octanol–water partition coefficient (Wildman–Crippen LogP) is 2.25. The van der Waals surface area contributed by atoms with Crippen molar-refractivity contribution in [2.24, 2.45) is 0 Å². The van der Waals surface area contributed by atoms with Gasteiger partial charge in [0.25, 0.3) is 0 Å². The third-order valence-electron chi connectivity index (χ3n) is 2.31. The molecule has 0 spiro atoms. The lowest BCUT2D eigenvalue weighted by Crippen LogP contribution is -2.24. The van der Waals surface area contributed by atoms with Crippen molar-refractivity contribution in [2.45, 2.75) is 25.8 Å². The molecule has 0 saturated carbocycles. The van der Waals surface area contributed by atoms with Gasteiger partial charge in [-0.2, -0.15) is 0 Å². The normalized spacial score (nSPS) is 12.4. The maximum Gasteiger partial charge on any atom is 0.0148 e. The van der Waals surface area contributed by atoms with Crippen LogP contribution in [0.3, 0.4) is 0 Å². The molecule has 0 aliphatic heterocycles. The third-order valence-corrected chi connectivity index (χ3v) is 2.31. The predicted molar refractivity (Wildman–Crippen MR) is 61.0 cm³/mol. The van der Waals surface area contributed by atoms with Crippen molar-refractivity contribution < 1.29 is 0 Å². The van der Waals surface area contributed by atoms with Gasteiger partial charge < -0.3 is 10.7 Å². The summed E-state index contributed by atoms with van der Waals surface area (Å²) in [6, 6.07) is 10.6. The Morgan fingerprint density at radius 2 is 2.00 bits per heavy atom. The van der Waals surface area contributed by atoms with Crippen LogP contribution in [0.15, 0.2) is 30.3 Å². The van der Waals surface area contributed by atoms with Gasteiger partial charge in [0.05, 0.1) is 0 Å². The second-order valence-corrected chi connectivity index (χ2v) is 3.66. The van der Waals surface area contributed by atoms with Crippen LogP contribution in [-0.2, 0) is 6.42 Å². The van der Waals surface area contributed by atoms with E-state index in [1.807, 2.05) is 25.2 Å². The molecule has 76 valence electrons. The van der Waals surface area contributed by atoms with E-state index in [1.54, 1.807) is 0 Å². The van der Waals surface area contributed by atoms with E-state index < -0.39 is 0 Å². The first-order valence-corrected chi connectivity index (χ1v) is 5.00. The molecule has 14 heavy (non-hydrogen) atoms. The Morgan fingerprint density at radius 1 is 1.36 bits per heavy atom. The fraction of sp³-hybridized carbons (Fsp3) is 0.417. The summed E-state index contributed by atoms with van der Waals surface area (Å²) in [7, 11) is 1.93. The van der Waals surface area contributed by atoms with E-state index >= 15 is 0 Å². The van der Waals surface area contributed by atoms with Gasteiger partial charge in [-0.15, -0.1) is 0 Å². The number of nitrogens with one attached hydrogen (secondary N) is 2. The second-order valence-electron chi connectivity index (χ2n) is 3.66. The molecular formula is C12H18N2. The highest BCUT2D eigenvalue weighted by Gasteiger charge is 2.03. The molecule has 0 radical (unpaired) electrons. The zero-order valence-corrected chi connectivity index (χ0v) is 8.88. The Morgan fingerprint density at radius 3 is 2.57 bits per heavy atom. The van der Waals surface area contributed by atoms with Crippen molar-refractivity contribution in [2.75, 3.05) is 7.05 Å². The SMILES string of the molecule is CN[C@H](C)CC(=N)Cc1ccccc1. The Bertz CT molecular complexity index is 280. The number of hydrogen-bond donors (Lipinski definition) is 2. The Kier molecular flexibility index (Phi) is 4.33. The average Bonchev–Trinajstić information content (AvgIpc) is 2.19. The number of hydrogen-bond acceptors (Lipinski definition) is 2. The molecule has 0 saturated heterocycles. The summed E-state index contributed by atoms with van der Waals surface area (Å²) in [5.74, 6) is 0. The fourth-order valence-corrected chi connectivity index (χ4v) is 1.39. The van der Waals surface area contributed by atoms with Gasteiger partial charge in [-0.3, -0.25) is 0 Å². The Hall–Kier alpha value is -1.15. The quantitative estimate of drug-likeness (QED) is 0.686. The molecule has 0 amide bonds. The van der Waals surface area contributed by atoms with Gasteiger partial charge in [0, 0.05) is 24.6 Å².